The standard InChI is InChI=1S/C12H24O2.C4H9NO4S.K/c1-2-3-4-5-6-7-8-9-10-11-12(13)14;1-2-5-4(6)3-10(7,8)9;/h2-11H2,1H3,(H,13,14);2-3H2,1H3,(H,5,6)(H,7,8,9);/q;;+1/p-1. The molecule has 0 saturated carbocycles. The monoisotopic (exact) mass is 405 g/mol. The van der Waals surface area contributed by atoms with Gasteiger partial charge in [-0.05, 0) is 19.8 Å². The molecule has 0 radical (unpaired) electrons. The molecule has 9 heteroatoms. The smallest absolute Gasteiger partial charge is 0.550 e. The van der Waals surface area contributed by atoms with E-state index in [1.807, 2.05) is 0 Å². The molecule has 0 aliphatic heterocycles. The van der Waals surface area contributed by atoms with E-state index in [0.29, 0.717) is 6.54 Å². The van der Waals surface area contributed by atoms with Gasteiger partial charge in [0.05, 0.1) is 0 Å². The van der Waals surface area contributed by atoms with Gasteiger partial charge in [0.25, 0.3) is 10.1 Å². The first-order valence-corrected chi connectivity index (χ1v) is 10.3. The number of rotatable bonds is 13. The summed E-state index contributed by atoms with van der Waals surface area (Å²) >= 11 is 0. The Balaban J connectivity index is -0.000000392. The van der Waals surface area contributed by atoms with Crippen LogP contribution in [0.5, 0.6) is 0 Å². The fraction of sp³-hybridized carbons (Fsp3) is 0.875. The summed E-state index contributed by atoms with van der Waals surface area (Å²) in [5.41, 5.74) is 0. The fourth-order valence-corrected chi connectivity index (χ4v) is 2.43. The summed E-state index contributed by atoms with van der Waals surface area (Å²) in [7, 11) is -4.16. The molecule has 0 aliphatic carbocycles. The molecule has 2 N–H and O–H groups in total. The van der Waals surface area contributed by atoms with Crippen LogP contribution in [0, 0.1) is 0 Å². The minimum absolute atomic E-state index is 0. The molecular formula is C16H32KNO6S. The molecule has 0 aromatic carbocycles. The predicted octanol–water partition coefficient (Wildman–Crippen LogP) is -1.33. The Labute approximate surface area is 194 Å². The topological polar surface area (TPSA) is 124 Å². The van der Waals surface area contributed by atoms with Crippen LogP contribution in [0.1, 0.15) is 78.1 Å². The summed E-state index contributed by atoms with van der Waals surface area (Å²) in [5.74, 6) is -2.46. The van der Waals surface area contributed by atoms with E-state index in [9.17, 15) is 23.1 Å². The number of nitrogens with one attached hydrogen (secondary N) is 1. The SMILES string of the molecule is CCCCCCCCCCCC(=O)[O-].CCNC(=O)CS(=O)(=O)O.[K+]. The van der Waals surface area contributed by atoms with Crippen molar-refractivity contribution in [3.05, 3.63) is 0 Å². The first kappa shape index (κ1) is 30.2. The maximum atomic E-state index is 10.4. The van der Waals surface area contributed by atoms with Crippen molar-refractivity contribution in [3.8, 4) is 0 Å². The van der Waals surface area contributed by atoms with Gasteiger partial charge in [-0.1, -0.05) is 58.3 Å². The van der Waals surface area contributed by atoms with Crippen LogP contribution in [-0.2, 0) is 19.7 Å². The molecule has 0 aromatic heterocycles. The molecule has 0 fully saturated rings. The molecule has 0 spiro atoms. The van der Waals surface area contributed by atoms with Crippen LogP contribution in [0.4, 0.5) is 0 Å². The molecular weight excluding hydrogens is 373 g/mol. The first-order chi connectivity index (χ1) is 11.2. The Kier molecular flexibility index (Phi) is 25.1. The number of carboxylic acid groups (broad SMARTS) is 1. The molecule has 0 atom stereocenters. The van der Waals surface area contributed by atoms with E-state index in [4.69, 9.17) is 4.55 Å². The summed E-state index contributed by atoms with van der Waals surface area (Å²) in [5, 5.41) is 12.3. The summed E-state index contributed by atoms with van der Waals surface area (Å²) in [4.78, 5) is 20.5. The minimum Gasteiger partial charge on any atom is -0.550 e. The van der Waals surface area contributed by atoms with Crippen LogP contribution < -0.4 is 61.8 Å². The third kappa shape index (κ3) is 32.6. The van der Waals surface area contributed by atoms with E-state index in [0.717, 1.165) is 12.8 Å². The van der Waals surface area contributed by atoms with Gasteiger partial charge in [0.2, 0.25) is 5.91 Å². The van der Waals surface area contributed by atoms with Gasteiger partial charge in [0, 0.05) is 12.5 Å². The third-order valence-corrected chi connectivity index (χ3v) is 3.80. The fourth-order valence-electron chi connectivity index (χ4n) is 1.99. The zero-order valence-corrected chi connectivity index (χ0v) is 19.8. The van der Waals surface area contributed by atoms with E-state index in [-0.39, 0.29) is 57.8 Å². The molecule has 1 amide bonds. The summed E-state index contributed by atoms with van der Waals surface area (Å²) < 4.78 is 28.1. The molecule has 0 aromatic rings. The molecule has 0 bridgehead atoms. The second-order valence-corrected chi connectivity index (χ2v) is 7.08. The molecule has 0 heterocycles. The number of hydrogen-bond donors (Lipinski definition) is 2. The van der Waals surface area contributed by atoms with Gasteiger partial charge < -0.3 is 15.2 Å². The van der Waals surface area contributed by atoms with E-state index >= 15 is 0 Å². The van der Waals surface area contributed by atoms with Crippen LogP contribution >= 0.6 is 0 Å². The van der Waals surface area contributed by atoms with Crippen LogP contribution in [0.25, 0.3) is 0 Å². The molecule has 0 saturated heterocycles. The summed E-state index contributed by atoms with van der Waals surface area (Å²) in [6.07, 6.45) is 11.2. The number of carboxylic acids is 1. The number of aliphatic carboxylic acids is 1. The second kappa shape index (κ2) is 20.8. The maximum absolute atomic E-state index is 10.4. The second-order valence-electron chi connectivity index (χ2n) is 5.63. The molecule has 25 heavy (non-hydrogen) atoms. The van der Waals surface area contributed by atoms with Crippen molar-refractivity contribution in [2.45, 2.75) is 78.1 Å². The van der Waals surface area contributed by atoms with E-state index < -0.39 is 27.7 Å². The molecule has 144 valence electrons. The van der Waals surface area contributed by atoms with Crippen molar-refractivity contribution in [3.63, 3.8) is 0 Å². The third-order valence-electron chi connectivity index (χ3n) is 3.17. The van der Waals surface area contributed by atoms with Crippen molar-refractivity contribution < 1.29 is 79.1 Å². The van der Waals surface area contributed by atoms with Gasteiger partial charge in [-0.15, -0.1) is 0 Å². The molecule has 7 nitrogen and oxygen atoms in total. The summed E-state index contributed by atoms with van der Waals surface area (Å²) in [6.45, 7) is 4.23. The van der Waals surface area contributed by atoms with Crippen LogP contribution in [0.2, 0.25) is 0 Å². The summed E-state index contributed by atoms with van der Waals surface area (Å²) in [6, 6.07) is 0. The predicted molar refractivity (Wildman–Crippen MR) is 92.0 cm³/mol. The number of carbonyl (C=O) groups excluding carboxylic acids is 2. The Morgan fingerprint density at radius 3 is 1.72 bits per heavy atom. The van der Waals surface area contributed by atoms with Crippen molar-refractivity contribution in [1.82, 2.24) is 5.32 Å². The Morgan fingerprint density at radius 1 is 0.920 bits per heavy atom. The average molecular weight is 406 g/mol. The van der Waals surface area contributed by atoms with Crippen molar-refractivity contribution in [2.75, 3.05) is 12.3 Å². The number of carbonyl (C=O) groups is 2. The van der Waals surface area contributed by atoms with Crippen LogP contribution in [0.3, 0.4) is 0 Å². The Morgan fingerprint density at radius 2 is 1.36 bits per heavy atom. The zero-order valence-electron chi connectivity index (χ0n) is 15.9. The number of unbranched alkanes of at least 4 members (excludes halogenated alkanes) is 8. The normalized spacial score (nSPS) is 10.2. The van der Waals surface area contributed by atoms with Crippen molar-refractivity contribution in [1.29, 1.82) is 0 Å². The largest absolute Gasteiger partial charge is 1.00 e. The van der Waals surface area contributed by atoms with Crippen LogP contribution in [0.15, 0.2) is 0 Å². The van der Waals surface area contributed by atoms with E-state index in [1.54, 1.807) is 6.92 Å². The van der Waals surface area contributed by atoms with E-state index in [2.05, 4.69) is 12.2 Å². The molecule has 0 aliphatic rings. The maximum Gasteiger partial charge on any atom is 1.00 e. The molecule has 0 rings (SSSR count). The van der Waals surface area contributed by atoms with Crippen LogP contribution in [-0.4, -0.2) is 37.1 Å². The van der Waals surface area contributed by atoms with Crippen molar-refractivity contribution in [2.24, 2.45) is 0 Å². The average Bonchev–Trinajstić information content (AvgIpc) is 2.44. The molecule has 0 unspecified atom stereocenters. The van der Waals surface area contributed by atoms with Gasteiger partial charge >= 0.3 is 51.4 Å². The number of amides is 1. The van der Waals surface area contributed by atoms with Crippen molar-refractivity contribution >= 4 is 22.0 Å². The minimum atomic E-state index is -4.16. The zero-order chi connectivity index (χ0) is 18.8. The Bertz CT molecular complexity index is 428. The van der Waals surface area contributed by atoms with E-state index in [1.165, 1.54) is 44.9 Å². The number of hydrogen-bond acceptors (Lipinski definition) is 5. The van der Waals surface area contributed by atoms with Gasteiger partial charge in [-0.3, -0.25) is 9.35 Å². The quantitative estimate of drug-likeness (QED) is 0.222. The van der Waals surface area contributed by atoms with Gasteiger partial charge in [0.15, 0.2) is 5.75 Å². The van der Waals surface area contributed by atoms with Gasteiger partial charge in [-0.2, -0.15) is 8.42 Å². The van der Waals surface area contributed by atoms with Gasteiger partial charge in [0.1, 0.15) is 0 Å². The Hall–Kier alpha value is 0.486. The first-order valence-electron chi connectivity index (χ1n) is 8.64. The van der Waals surface area contributed by atoms with Gasteiger partial charge in [-0.25, -0.2) is 0 Å².